The molecule has 1 aromatic rings. The molecule has 2 atom stereocenters. The summed E-state index contributed by atoms with van der Waals surface area (Å²) in [6.07, 6.45) is 1.31. The Bertz CT molecular complexity index is 332. The third-order valence-corrected chi connectivity index (χ3v) is 3.70. The maximum Gasteiger partial charge on any atom is 0.000982 e. The minimum atomic E-state index is 0.766. The molecule has 0 aromatic heterocycles. The van der Waals surface area contributed by atoms with Crippen molar-refractivity contribution in [1.82, 2.24) is 4.90 Å². The van der Waals surface area contributed by atoms with Crippen LogP contribution in [0.1, 0.15) is 30.4 Å². The Morgan fingerprint density at radius 2 is 2.00 bits per heavy atom. The van der Waals surface area contributed by atoms with E-state index in [1.54, 1.807) is 5.56 Å². The quantitative estimate of drug-likeness (QED) is 0.678. The monoisotopic (exact) mass is 203 g/mol. The van der Waals surface area contributed by atoms with Crippen molar-refractivity contribution in [3.05, 3.63) is 35.4 Å². The first-order valence-corrected chi connectivity index (χ1v) is 5.92. The first-order chi connectivity index (χ1) is 7.18. The first-order valence-electron chi connectivity index (χ1n) is 5.92. The highest BCUT2D eigenvalue weighted by Gasteiger charge is 2.26. The number of hydrogen-bond donors (Lipinski definition) is 0. The number of aryl methyl sites for hydroxylation is 1. The minimum Gasteiger partial charge on any atom is -0.306 e. The molecule has 1 aliphatic heterocycles. The predicted molar refractivity (Wildman–Crippen MR) is 65.2 cm³/mol. The highest BCUT2D eigenvalue weighted by molar-refractivity contribution is 5.30. The number of hydrogen-bond acceptors (Lipinski definition) is 1. The second kappa shape index (κ2) is 4.36. The standard InChI is InChI=1S/C14H21N/c1-11-6-4-5-7-13(11)14-8-9-15(3)10-12(14)2/h4-7,12,14H,8-10H2,1-3H3/t12-,14+/m1/s1. The molecule has 0 saturated carbocycles. The molecule has 0 N–H and O–H groups in total. The lowest BCUT2D eigenvalue weighted by molar-refractivity contribution is 0.195. The van der Waals surface area contributed by atoms with Gasteiger partial charge in [-0.25, -0.2) is 0 Å². The highest BCUT2D eigenvalue weighted by atomic mass is 15.1. The molecule has 1 saturated heterocycles. The fourth-order valence-electron chi connectivity index (χ4n) is 2.82. The number of benzene rings is 1. The van der Waals surface area contributed by atoms with Crippen LogP contribution in [0.4, 0.5) is 0 Å². The van der Waals surface area contributed by atoms with Crippen LogP contribution in [-0.2, 0) is 0 Å². The van der Waals surface area contributed by atoms with E-state index in [0.29, 0.717) is 0 Å². The number of rotatable bonds is 1. The predicted octanol–water partition coefficient (Wildman–Crippen LogP) is 3.05. The Morgan fingerprint density at radius 1 is 1.27 bits per heavy atom. The van der Waals surface area contributed by atoms with E-state index in [9.17, 15) is 0 Å². The van der Waals surface area contributed by atoms with Crippen LogP contribution in [0.5, 0.6) is 0 Å². The zero-order valence-electron chi connectivity index (χ0n) is 10.0. The Balaban J connectivity index is 2.20. The summed E-state index contributed by atoms with van der Waals surface area (Å²) in [5, 5.41) is 0. The molecule has 82 valence electrons. The molecule has 1 fully saturated rings. The van der Waals surface area contributed by atoms with Gasteiger partial charge in [0, 0.05) is 6.54 Å². The van der Waals surface area contributed by atoms with Crippen molar-refractivity contribution in [2.24, 2.45) is 5.92 Å². The van der Waals surface area contributed by atoms with E-state index in [4.69, 9.17) is 0 Å². The Morgan fingerprint density at radius 3 is 2.67 bits per heavy atom. The molecular formula is C14H21N. The summed E-state index contributed by atoms with van der Waals surface area (Å²) in [6, 6.07) is 8.86. The van der Waals surface area contributed by atoms with Crippen molar-refractivity contribution in [1.29, 1.82) is 0 Å². The molecule has 0 amide bonds. The topological polar surface area (TPSA) is 3.24 Å². The van der Waals surface area contributed by atoms with Crippen molar-refractivity contribution >= 4 is 0 Å². The Hall–Kier alpha value is -0.820. The third-order valence-electron chi connectivity index (χ3n) is 3.70. The molecule has 0 radical (unpaired) electrons. The summed E-state index contributed by atoms with van der Waals surface area (Å²) < 4.78 is 0. The van der Waals surface area contributed by atoms with Crippen LogP contribution in [0.25, 0.3) is 0 Å². The van der Waals surface area contributed by atoms with Gasteiger partial charge in [-0.15, -0.1) is 0 Å². The number of likely N-dealkylation sites (tertiary alicyclic amines) is 1. The molecule has 15 heavy (non-hydrogen) atoms. The van der Waals surface area contributed by atoms with E-state index >= 15 is 0 Å². The SMILES string of the molecule is Cc1ccccc1[C@H]1CCN(C)C[C@H]1C. The number of piperidine rings is 1. The second-order valence-electron chi connectivity index (χ2n) is 4.99. The van der Waals surface area contributed by atoms with Crippen LogP contribution in [0.2, 0.25) is 0 Å². The normalized spacial score (nSPS) is 27.9. The molecular weight excluding hydrogens is 182 g/mol. The second-order valence-corrected chi connectivity index (χ2v) is 4.99. The van der Waals surface area contributed by atoms with Crippen molar-refractivity contribution in [3.63, 3.8) is 0 Å². The minimum absolute atomic E-state index is 0.766. The van der Waals surface area contributed by atoms with Gasteiger partial charge < -0.3 is 4.90 Å². The van der Waals surface area contributed by atoms with Gasteiger partial charge in [-0.1, -0.05) is 31.2 Å². The summed E-state index contributed by atoms with van der Waals surface area (Å²) in [4.78, 5) is 2.44. The summed E-state index contributed by atoms with van der Waals surface area (Å²) in [5.41, 5.74) is 3.03. The molecule has 1 aliphatic rings. The van der Waals surface area contributed by atoms with E-state index in [0.717, 1.165) is 11.8 Å². The molecule has 2 rings (SSSR count). The van der Waals surface area contributed by atoms with E-state index in [2.05, 4.69) is 50.1 Å². The lowest BCUT2D eigenvalue weighted by atomic mass is 9.80. The summed E-state index contributed by atoms with van der Waals surface area (Å²) in [6.45, 7) is 7.09. The van der Waals surface area contributed by atoms with Crippen molar-refractivity contribution < 1.29 is 0 Å². The smallest absolute Gasteiger partial charge is 0.000982 e. The van der Waals surface area contributed by atoms with E-state index < -0.39 is 0 Å². The molecule has 0 unspecified atom stereocenters. The zero-order chi connectivity index (χ0) is 10.8. The van der Waals surface area contributed by atoms with E-state index in [1.165, 1.54) is 25.1 Å². The third kappa shape index (κ3) is 2.23. The molecule has 1 nitrogen and oxygen atoms in total. The molecule has 1 heteroatoms. The Kier molecular flexibility index (Phi) is 3.11. The van der Waals surface area contributed by atoms with Crippen LogP contribution >= 0.6 is 0 Å². The first kappa shape index (κ1) is 10.7. The van der Waals surface area contributed by atoms with Crippen molar-refractivity contribution in [2.75, 3.05) is 20.1 Å². The molecule has 0 bridgehead atoms. The van der Waals surface area contributed by atoms with E-state index in [1.807, 2.05) is 0 Å². The molecule has 1 heterocycles. The van der Waals surface area contributed by atoms with Gasteiger partial charge in [0.25, 0.3) is 0 Å². The zero-order valence-corrected chi connectivity index (χ0v) is 10.0. The largest absolute Gasteiger partial charge is 0.306 e. The van der Waals surface area contributed by atoms with Crippen LogP contribution in [0.3, 0.4) is 0 Å². The molecule has 0 aliphatic carbocycles. The van der Waals surface area contributed by atoms with Gasteiger partial charge in [0.2, 0.25) is 0 Å². The summed E-state index contributed by atoms with van der Waals surface area (Å²) >= 11 is 0. The van der Waals surface area contributed by atoms with Gasteiger partial charge in [0.05, 0.1) is 0 Å². The maximum atomic E-state index is 2.44. The van der Waals surface area contributed by atoms with Crippen molar-refractivity contribution in [3.8, 4) is 0 Å². The van der Waals surface area contributed by atoms with Gasteiger partial charge in [0.1, 0.15) is 0 Å². The van der Waals surface area contributed by atoms with E-state index in [-0.39, 0.29) is 0 Å². The molecule has 1 aromatic carbocycles. The fraction of sp³-hybridized carbons (Fsp3) is 0.571. The summed E-state index contributed by atoms with van der Waals surface area (Å²) in [7, 11) is 2.23. The van der Waals surface area contributed by atoms with Crippen LogP contribution in [-0.4, -0.2) is 25.0 Å². The van der Waals surface area contributed by atoms with Gasteiger partial charge in [0.15, 0.2) is 0 Å². The highest BCUT2D eigenvalue weighted by Crippen LogP contribution is 2.33. The average molecular weight is 203 g/mol. The Labute approximate surface area is 93.1 Å². The summed E-state index contributed by atoms with van der Waals surface area (Å²) in [5.74, 6) is 1.55. The fourth-order valence-corrected chi connectivity index (χ4v) is 2.82. The van der Waals surface area contributed by atoms with Crippen molar-refractivity contribution in [2.45, 2.75) is 26.2 Å². The maximum absolute atomic E-state index is 2.44. The lowest BCUT2D eigenvalue weighted by Gasteiger charge is -2.35. The van der Waals surface area contributed by atoms with Crippen LogP contribution in [0.15, 0.2) is 24.3 Å². The van der Waals surface area contributed by atoms with Gasteiger partial charge in [-0.05, 0) is 49.9 Å². The number of nitrogens with zero attached hydrogens (tertiary/aromatic N) is 1. The molecule has 0 spiro atoms. The van der Waals surface area contributed by atoms with Gasteiger partial charge in [-0.3, -0.25) is 0 Å². The average Bonchev–Trinajstić information content (AvgIpc) is 2.20. The van der Waals surface area contributed by atoms with Crippen LogP contribution in [0, 0.1) is 12.8 Å². The lowest BCUT2D eigenvalue weighted by Crippen LogP contribution is -2.35. The van der Waals surface area contributed by atoms with Gasteiger partial charge >= 0.3 is 0 Å². The van der Waals surface area contributed by atoms with Gasteiger partial charge in [-0.2, -0.15) is 0 Å². The van der Waals surface area contributed by atoms with Crippen LogP contribution < -0.4 is 0 Å².